The van der Waals surface area contributed by atoms with Gasteiger partial charge in [-0.05, 0) is 5.56 Å². The number of ether oxygens (including phenoxy) is 1. The standard InChI is InChI=1S/C14H13O.Li/c1-12-7-5-6-10-14(12)15-11-13-8-3-2-4-9-13;/h2-9H,11H2,1H3;/q-1;+1. The Morgan fingerprint density at radius 1 is 1.06 bits per heavy atom. The molecule has 2 aromatic rings. The maximum Gasteiger partial charge on any atom is 1.00 e. The molecule has 0 heterocycles. The number of hydrogen-bond acceptors (Lipinski definition) is 1. The van der Waals surface area contributed by atoms with Crippen molar-refractivity contribution in [2.75, 3.05) is 0 Å². The van der Waals surface area contributed by atoms with Gasteiger partial charge in [0.05, 0.1) is 0 Å². The summed E-state index contributed by atoms with van der Waals surface area (Å²) in [6.07, 6.45) is 0. The fourth-order valence-electron chi connectivity index (χ4n) is 1.39. The first kappa shape index (κ1) is 12.9. The number of aryl methyl sites for hydroxylation is 1. The molecule has 76 valence electrons. The van der Waals surface area contributed by atoms with E-state index in [-0.39, 0.29) is 18.9 Å². The predicted molar refractivity (Wildman–Crippen MR) is 60.8 cm³/mol. The Kier molecular flexibility index (Phi) is 5.18. The molecule has 0 aromatic heterocycles. The molecule has 0 fully saturated rings. The molecule has 1 nitrogen and oxygen atoms in total. The third-order valence-electron chi connectivity index (χ3n) is 2.24. The number of benzene rings is 2. The van der Waals surface area contributed by atoms with Crippen molar-refractivity contribution in [1.29, 1.82) is 0 Å². The van der Waals surface area contributed by atoms with Gasteiger partial charge in [-0.15, -0.1) is 11.6 Å². The molecule has 2 heteroatoms. The van der Waals surface area contributed by atoms with Gasteiger partial charge < -0.3 is 4.74 Å². The van der Waals surface area contributed by atoms with Crippen molar-refractivity contribution in [3.05, 3.63) is 65.7 Å². The van der Waals surface area contributed by atoms with E-state index in [0.29, 0.717) is 6.61 Å². The molecule has 0 amide bonds. The molecule has 0 saturated heterocycles. The predicted octanol–water partition coefficient (Wildman–Crippen LogP) is 0.378. The summed E-state index contributed by atoms with van der Waals surface area (Å²) in [4.78, 5) is 0. The molecule has 0 aliphatic heterocycles. The molecule has 0 aliphatic carbocycles. The van der Waals surface area contributed by atoms with Crippen molar-refractivity contribution >= 4 is 0 Å². The van der Waals surface area contributed by atoms with Crippen LogP contribution in [0, 0.1) is 13.0 Å². The Labute approximate surface area is 109 Å². The van der Waals surface area contributed by atoms with Crippen molar-refractivity contribution < 1.29 is 23.6 Å². The molecule has 0 N–H and O–H groups in total. The van der Waals surface area contributed by atoms with Gasteiger partial charge in [0, 0.05) is 5.75 Å². The quantitative estimate of drug-likeness (QED) is 0.518. The van der Waals surface area contributed by atoms with E-state index < -0.39 is 0 Å². The molecule has 0 bridgehead atoms. The van der Waals surface area contributed by atoms with E-state index in [1.165, 1.54) is 5.56 Å². The fraction of sp³-hybridized carbons (Fsp3) is 0.143. The average Bonchev–Trinajstić information content (AvgIpc) is 2.29. The van der Waals surface area contributed by atoms with Crippen LogP contribution in [0.1, 0.15) is 11.1 Å². The van der Waals surface area contributed by atoms with Crippen LogP contribution in [-0.2, 0) is 6.61 Å². The second-order valence-electron chi connectivity index (χ2n) is 3.46. The number of rotatable bonds is 3. The largest absolute Gasteiger partial charge is 1.00 e. The fourth-order valence-corrected chi connectivity index (χ4v) is 1.39. The van der Waals surface area contributed by atoms with E-state index in [2.05, 4.69) is 18.2 Å². The summed E-state index contributed by atoms with van der Waals surface area (Å²) in [5.41, 5.74) is 2.29. The maximum absolute atomic E-state index is 5.67. The van der Waals surface area contributed by atoms with Gasteiger partial charge in [0.2, 0.25) is 0 Å². The van der Waals surface area contributed by atoms with Crippen LogP contribution >= 0.6 is 0 Å². The summed E-state index contributed by atoms with van der Waals surface area (Å²) >= 11 is 0. The molecular formula is C14H13LiO. The van der Waals surface area contributed by atoms with Gasteiger partial charge >= 0.3 is 18.9 Å². The monoisotopic (exact) mass is 204 g/mol. The summed E-state index contributed by atoms with van der Waals surface area (Å²) in [6, 6.07) is 19.1. The Morgan fingerprint density at radius 2 is 1.81 bits per heavy atom. The van der Waals surface area contributed by atoms with Crippen LogP contribution in [0.3, 0.4) is 0 Å². The minimum atomic E-state index is 0. The zero-order valence-corrected chi connectivity index (χ0v) is 9.73. The Bertz CT molecular complexity index is 426. The van der Waals surface area contributed by atoms with Gasteiger partial charge in [-0.25, -0.2) is 0 Å². The van der Waals surface area contributed by atoms with Gasteiger partial charge in [-0.3, -0.25) is 0 Å². The molecule has 0 atom stereocenters. The summed E-state index contributed by atoms with van der Waals surface area (Å²) in [5.74, 6) is 0.835. The van der Waals surface area contributed by atoms with E-state index >= 15 is 0 Å². The van der Waals surface area contributed by atoms with Crippen LogP contribution in [0.4, 0.5) is 0 Å². The van der Waals surface area contributed by atoms with Crippen LogP contribution in [-0.4, -0.2) is 0 Å². The zero-order valence-electron chi connectivity index (χ0n) is 9.73. The molecule has 0 saturated carbocycles. The summed E-state index contributed by atoms with van der Waals surface area (Å²) in [5, 5.41) is 0. The maximum atomic E-state index is 5.67. The van der Waals surface area contributed by atoms with E-state index in [1.807, 2.05) is 43.3 Å². The van der Waals surface area contributed by atoms with Gasteiger partial charge in [-0.2, -0.15) is 18.2 Å². The zero-order chi connectivity index (χ0) is 10.5. The minimum Gasteiger partial charge on any atom is -0.514 e. The van der Waals surface area contributed by atoms with Crippen molar-refractivity contribution in [2.45, 2.75) is 13.5 Å². The first-order valence-corrected chi connectivity index (χ1v) is 5.00. The Morgan fingerprint density at radius 3 is 2.50 bits per heavy atom. The van der Waals surface area contributed by atoms with Crippen molar-refractivity contribution in [3.63, 3.8) is 0 Å². The van der Waals surface area contributed by atoms with E-state index in [0.717, 1.165) is 11.3 Å². The number of hydrogen-bond donors (Lipinski definition) is 0. The van der Waals surface area contributed by atoms with Crippen LogP contribution in [0.5, 0.6) is 5.75 Å². The van der Waals surface area contributed by atoms with Gasteiger partial charge in [0.1, 0.15) is 6.61 Å². The van der Waals surface area contributed by atoms with E-state index in [9.17, 15) is 0 Å². The van der Waals surface area contributed by atoms with Crippen molar-refractivity contribution in [3.8, 4) is 5.75 Å². The molecule has 0 radical (unpaired) electrons. The Hall–Kier alpha value is -1.16. The molecule has 0 aliphatic rings. The van der Waals surface area contributed by atoms with E-state index in [4.69, 9.17) is 4.74 Å². The van der Waals surface area contributed by atoms with Crippen LogP contribution in [0.25, 0.3) is 0 Å². The van der Waals surface area contributed by atoms with E-state index in [1.54, 1.807) is 0 Å². The molecule has 0 spiro atoms. The molecular weight excluding hydrogens is 191 g/mol. The SMILES string of the molecule is Cc1ccc[c-]c1OCc1ccccc1.[Li+]. The first-order valence-electron chi connectivity index (χ1n) is 5.00. The van der Waals surface area contributed by atoms with Gasteiger partial charge in [0.15, 0.2) is 0 Å². The topological polar surface area (TPSA) is 9.23 Å². The smallest absolute Gasteiger partial charge is 0.514 e. The second kappa shape index (κ2) is 6.43. The second-order valence-corrected chi connectivity index (χ2v) is 3.46. The minimum absolute atomic E-state index is 0. The molecule has 16 heavy (non-hydrogen) atoms. The van der Waals surface area contributed by atoms with Gasteiger partial charge in [-0.1, -0.05) is 37.3 Å². The van der Waals surface area contributed by atoms with Crippen molar-refractivity contribution in [2.24, 2.45) is 0 Å². The molecule has 2 aromatic carbocycles. The molecule has 2 rings (SSSR count). The summed E-state index contributed by atoms with van der Waals surface area (Å²) in [7, 11) is 0. The van der Waals surface area contributed by atoms with Gasteiger partial charge in [0.25, 0.3) is 0 Å². The third-order valence-corrected chi connectivity index (χ3v) is 2.24. The normalized spacial score (nSPS) is 9.31. The Balaban J connectivity index is 0.00000128. The van der Waals surface area contributed by atoms with Crippen LogP contribution in [0.15, 0.2) is 48.5 Å². The summed E-state index contributed by atoms with van der Waals surface area (Å²) in [6.45, 7) is 2.62. The first-order chi connectivity index (χ1) is 7.36. The number of para-hydroxylation sites is 1. The van der Waals surface area contributed by atoms with Crippen LogP contribution in [0.2, 0.25) is 0 Å². The van der Waals surface area contributed by atoms with Crippen LogP contribution < -0.4 is 23.6 Å². The summed E-state index contributed by atoms with van der Waals surface area (Å²) < 4.78 is 5.67. The molecule has 0 unspecified atom stereocenters. The third kappa shape index (κ3) is 3.45. The van der Waals surface area contributed by atoms with Crippen molar-refractivity contribution in [1.82, 2.24) is 0 Å². The average molecular weight is 204 g/mol.